The van der Waals surface area contributed by atoms with Crippen molar-refractivity contribution in [3.8, 4) is 0 Å². The van der Waals surface area contributed by atoms with Gasteiger partial charge in [-0.2, -0.15) is 0 Å². The molecule has 1 aliphatic rings. The largest absolute Gasteiger partial charge is 0.466 e. The van der Waals surface area contributed by atoms with E-state index in [-0.39, 0.29) is 18.5 Å². The SMILES string of the molecule is CCCC/C=C\CCCCCCCC(=O)OCCCCC/C=C\C/C=C\CCCCCCCCCC(=O)NC(COC1OC(CO)C(O)C(O)C1O)C(O)/C=C/CC/C=C/CCCCCCCCCCC. The van der Waals surface area contributed by atoms with Crippen molar-refractivity contribution in [1.29, 1.82) is 0 Å². The van der Waals surface area contributed by atoms with Crippen LogP contribution in [-0.2, 0) is 23.8 Å². The van der Waals surface area contributed by atoms with E-state index in [0.717, 1.165) is 96.3 Å². The molecule has 1 saturated heterocycles. The van der Waals surface area contributed by atoms with Crippen LogP contribution in [0.1, 0.15) is 245 Å². The van der Waals surface area contributed by atoms with Crippen LogP contribution in [0, 0.1) is 0 Å². The van der Waals surface area contributed by atoms with Crippen LogP contribution in [0.2, 0.25) is 0 Å². The Labute approximate surface area is 433 Å². The Hall–Kier alpha value is -2.64. The second-order valence-corrected chi connectivity index (χ2v) is 20.0. The Morgan fingerprint density at radius 2 is 0.972 bits per heavy atom. The summed E-state index contributed by atoms with van der Waals surface area (Å²) in [5.74, 6) is -0.254. The molecule has 0 aromatic carbocycles. The number of hydrogen-bond acceptors (Lipinski definition) is 10. The number of rotatable bonds is 49. The first kappa shape index (κ1) is 66.4. The Morgan fingerprint density at radius 1 is 0.521 bits per heavy atom. The highest BCUT2D eigenvalue weighted by molar-refractivity contribution is 5.76. The first-order chi connectivity index (χ1) is 34.7. The fourth-order valence-corrected chi connectivity index (χ4v) is 8.64. The highest BCUT2D eigenvalue weighted by Crippen LogP contribution is 2.23. The molecule has 0 saturated carbocycles. The van der Waals surface area contributed by atoms with E-state index in [1.165, 1.54) is 122 Å². The zero-order chi connectivity index (χ0) is 51.7. The lowest BCUT2D eigenvalue weighted by Crippen LogP contribution is -2.60. The van der Waals surface area contributed by atoms with Gasteiger partial charge in [-0.3, -0.25) is 9.59 Å². The molecular formula is C60H107NO10. The van der Waals surface area contributed by atoms with Gasteiger partial charge >= 0.3 is 5.97 Å². The van der Waals surface area contributed by atoms with Crippen LogP contribution in [0.15, 0.2) is 60.8 Å². The van der Waals surface area contributed by atoms with Gasteiger partial charge in [-0.05, 0) is 103 Å². The van der Waals surface area contributed by atoms with Crippen LogP contribution >= 0.6 is 0 Å². The average molecular weight is 1000 g/mol. The van der Waals surface area contributed by atoms with Crippen molar-refractivity contribution < 1.29 is 49.3 Å². The number of allylic oxidation sites excluding steroid dienone is 9. The number of aliphatic hydroxyl groups is 5. The minimum Gasteiger partial charge on any atom is -0.466 e. The Balaban J connectivity index is 2.20. The number of esters is 1. The summed E-state index contributed by atoms with van der Waals surface area (Å²) in [7, 11) is 0. The number of amides is 1. The molecule has 6 N–H and O–H groups in total. The van der Waals surface area contributed by atoms with E-state index in [2.05, 4.69) is 67.8 Å². The second kappa shape index (κ2) is 49.6. The minimum absolute atomic E-state index is 0.0449. The smallest absolute Gasteiger partial charge is 0.305 e. The zero-order valence-electron chi connectivity index (χ0n) is 45.2. The van der Waals surface area contributed by atoms with Crippen LogP contribution in [0.4, 0.5) is 0 Å². The van der Waals surface area contributed by atoms with Crippen LogP contribution < -0.4 is 5.32 Å². The van der Waals surface area contributed by atoms with Gasteiger partial charge in [-0.15, -0.1) is 0 Å². The van der Waals surface area contributed by atoms with Crippen molar-refractivity contribution in [2.24, 2.45) is 0 Å². The molecule has 7 atom stereocenters. The number of nitrogens with one attached hydrogen (secondary N) is 1. The first-order valence-electron chi connectivity index (χ1n) is 29.1. The third-order valence-electron chi connectivity index (χ3n) is 13.3. The topological polar surface area (TPSA) is 175 Å². The van der Waals surface area contributed by atoms with Gasteiger partial charge in [-0.1, -0.05) is 190 Å². The lowest BCUT2D eigenvalue weighted by atomic mass is 9.99. The van der Waals surface area contributed by atoms with Gasteiger partial charge in [-0.25, -0.2) is 0 Å². The van der Waals surface area contributed by atoms with Crippen molar-refractivity contribution in [2.45, 2.75) is 288 Å². The fraction of sp³-hybridized carbons (Fsp3) is 0.800. The summed E-state index contributed by atoms with van der Waals surface area (Å²) in [4.78, 5) is 25.0. The number of aliphatic hydroxyl groups excluding tert-OH is 5. The highest BCUT2D eigenvalue weighted by atomic mass is 16.7. The van der Waals surface area contributed by atoms with Crippen LogP contribution in [-0.4, -0.2) is 100 Å². The molecule has 71 heavy (non-hydrogen) atoms. The Morgan fingerprint density at radius 3 is 1.52 bits per heavy atom. The van der Waals surface area contributed by atoms with E-state index in [1.807, 2.05) is 6.08 Å². The van der Waals surface area contributed by atoms with Gasteiger partial charge in [0.2, 0.25) is 5.91 Å². The lowest BCUT2D eigenvalue weighted by Gasteiger charge is -2.40. The van der Waals surface area contributed by atoms with E-state index in [9.17, 15) is 35.1 Å². The summed E-state index contributed by atoms with van der Waals surface area (Å²) in [6, 6.07) is -0.841. The van der Waals surface area contributed by atoms with Gasteiger partial charge in [0.25, 0.3) is 0 Å². The molecule has 0 radical (unpaired) electrons. The predicted octanol–water partition coefficient (Wildman–Crippen LogP) is 13.1. The normalized spacial score (nSPS) is 19.6. The minimum atomic E-state index is -1.58. The molecule has 0 aromatic rings. The lowest BCUT2D eigenvalue weighted by molar-refractivity contribution is -0.302. The van der Waals surface area contributed by atoms with Crippen molar-refractivity contribution in [2.75, 3.05) is 19.8 Å². The molecule has 11 heteroatoms. The fourth-order valence-electron chi connectivity index (χ4n) is 8.64. The maximum Gasteiger partial charge on any atom is 0.305 e. The van der Waals surface area contributed by atoms with Crippen LogP contribution in [0.3, 0.4) is 0 Å². The monoisotopic (exact) mass is 1000 g/mol. The van der Waals surface area contributed by atoms with E-state index in [0.29, 0.717) is 19.4 Å². The van der Waals surface area contributed by atoms with E-state index >= 15 is 0 Å². The molecule has 0 aliphatic carbocycles. The van der Waals surface area contributed by atoms with Crippen molar-refractivity contribution >= 4 is 11.9 Å². The van der Waals surface area contributed by atoms with Gasteiger partial charge in [0.05, 0.1) is 32.0 Å². The molecule has 0 spiro atoms. The Kier molecular flexibility index (Phi) is 46.3. The standard InChI is InChI=1S/C60H107NO10/c1-3-5-7-9-11-13-15-16-20-23-27-30-34-38-42-46-53(63)52(51-70-60-59(68)58(67)57(66)54(50-62)71-60)61-55(64)47-43-39-35-31-28-24-21-18-17-19-22-25-29-33-37-41-45-49-69-56(65)48-44-40-36-32-26-14-12-10-8-6-4-2/h10,12,17,19,25,27,29-30,42,46,52-54,57-60,62-63,66-68H,3-9,11,13-16,18,20-24,26,28,31-41,43-45,47-51H2,1-2H3,(H,61,64)/b12-10-,19-17-,29-25-,30-27+,46-42+. The number of carbonyl (C=O) groups is 2. The summed E-state index contributed by atoms with van der Waals surface area (Å²) in [6.07, 6.45) is 53.0. The maximum atomic E-state index is 13.0. The molecule has 412 valence electrons. The summed E-state index contributed by atoms with van der Waals surface area (Å²) >= 11 is 0. The van der Waals surface area contributed by atoms with E-state index < -0.39 is 49.5 Å². The second-order valence-electron chi connectivity index (χ2n) is 20.0. The molecule has 1 fully saturated rings. The average Bonchev–Trinajstić information content (AvgIpc) is 3.37. The van der Waals surface area contributed by atoms with Crippen molar-refractivity contribution in [1.82, 2.24) is 5.32 Å². The number of carbonyl (C=O) groups excluding carboxylic acids is 2. The van der Waals surface area contributed by atoms with Crippen molar-refractivity contribution in [3.05, 3.63) is 60.8 Å². The molecule has 1 heterocycles. The van der Waals surface area contributed by atoms with Gasteiger partial charge in [0, 0.05) is 12.8 Å². The number of unbranched alkanes of at least 4 members (excludes halogenated alkanes) is 27. The van der Waals surface area contributed by atoms with Crippen molar-refractivity contribution in [3.63, 3.8) is 0 Å². The first-order valence-corrected chi connectivity index (χ1v) is 29.1. The molecule has 0 aromatic heterocycles. The summed E-state index contributed by atoms with van der Waals surface area (Å²) in [6.45, 7) is 4.22. The molecule has 7 unspecified atom stereocenters. The molecular weight excluding hydrogens is 895 g/mol. The quantitative estimate of drug-likeness (QED) is 0.0195. The summed E-state index contributed by atoms with van der Waals surface area (Å²) in [5, 5.41) is 54.4. The van der Waals surface area contributed by atoms with Crippen LogP contribution in [0.25, 0.3) is 0 Å². The Bertz CT molecular complexity index is 1360. The van der Waals surface area contributed by atoms with E-state index in [4.69, 9.17) is 14.2 Å². The number of ether oxygens (including phenoxy) is 3. The number of hydrogen-bond donors (Lipinski definition) is 6. The molecule has 1 amide bonds. The third kappa shape index (κ3) is 39.5. The highest BCUT2D eigenvalue weighted by Gasteiger charge is 2.44. The predicted molar refractivity (Wildman–Crippen MR) is 292 cm³/mol. The van der Waals surface area contributed by atoms with Crippen LogP contribution in [0.5, 0.6) is 0 Å². The van der Waals surface area contributed by atoms with Gasteiger partial charge in [0.1, 0.15) is 24.4 Å². The zero-order valence-corrected chi connectivity index (χ0v) is 45.2. The third-order valence-corrected chi connectivity index (χ3v) is 13.3. The van der Waals surface area contributed by atoms with Gasteiger partial charge in [0.15, 0.2) is 6.29 Å². The summed E-state index contributed by atoms with van der Waals surface area (Å²) < 4.78 is 16.6. The molecule has 1 aliphatic heterocycles. The maximum absolute atomic E-state index is 13.0. The van der Waals surface area contributed by atoms with Gasteiger partial charge < -0.3 is 45.1 Å². The summed E-state index contributed by atoms with van der Waals surface area (Å²) in [5.41, 5.74) is 0. The van der Waals surface area contributed by atoms with E-state index in [1.54, 1.807) is 6.08 Å². The molecule has 0 bridgehead atoms. The molecule has 11 nitrogen and oxygen atoms in total. The molecule has 1 rings (SSSR count).